The van der Waals surface area contributed by atoms with Crippen molar-refractivity contribution in [2.24, 2.45) is 0 Å². The fourth-order valence-electron chi connectivity index (χ4n) is 0.713. The van der Waals surface area contributed by atoms with Crippen LogP contribution >= 0.6 is 11.6 Å². The zero-order chi connectivity index (χ0) is 8.81. The zero-order valence-corrected chi connectivity index (χ0v) is 7.54. The summed E-state index contributed by atoms with van der Waals surface area (Å²) >= 11 is 5.56. The van der Waals surface area contributed by atoms with Crippen LogP contribution in [0.15, 0.2) is 18.2 Å². The maximum absolute atomic E-state index is 5.56. The van der Waals surface area contributed by atoms with Gasteiger partial charge < -0.3 is 5.32 Å². The summed E-state index contributed by atoms with van der Waals surface area (Å²) < 4.78 is 0. The molecule has 0 unspecified atom stereocenters. The van der Waals surface area contributed by atoms with Crippen molar-refractivity contribution in [2.45, 2.75) is 0 Å². The quantitative estimate of drug-likeness (QED) is 0.769. The largest absolute Gasteiger partial charge is 0.316 e. The van der Waals surface area contributed by atoms with Crippen LogP contribution in [0.1, 0.15) is 5.69 Å². The summed E-state index contributed by atoms with van der Waals surface area (Å²) in [5, 5.41) is 11.0. The zero-order valence-electron chi connectivity index (χ0n) is 6.79. The molecule has 1 aromatic rings. The van der Waals surface area contributed by atoms with Crippen molar-refractivity contribution >= 4 is 17.7 Å². The topological polar surface area (TPSA) is 37.8 Å². The van der Waals surface area contributed by atoms with Crippen LogP contribution in [0.2, 0.25) is 5.15 Å². The van der Waals surface area contributed by atoms with E-state index in [9.17, 15) is 0 Å². The number of likely N-dealkylation sites (N-methyl/N-ethyl adjacent to an activating group) is 1. The molecule has 0 amide bonds. The van der Waals surface area contributed by atoms with Crippen LogP contribution in [0, 0.1) is 0 Å². The first-order valence-corrected chi connectivity index (χ1v) is 4.01. The third-order valence-electron chi connectivity index (χ3n) is 1.26. The number of rotatable bonds is 3. The van der Waals surface area contributed by atoms with Crippen molar-refractivity contribution in [3.05, 3.63) is 29.1 Å². The smallest absolute Gasteiger partial charge is 0.151 e. The minimum absolute atomic E-state index is 0.417. The molecule has 0 saturated carbocycles. The molecule has 4 heteroatoms. The first kappa shape index (κ1) is 9.16. The SMILES string of the molecule is CNCC=Cc1ccc(Cl)nn1. The molecule has 0 aliphatic rings. The van der Waals surface area contributed by atoms with Crippen LogP contribution in [0.3, 0.4) is 0 Å². The maximum Gasteiger partial charge on any atom is 0.151 e. The molecule has 3 nitrogen and oxygen atoms in total. The Morgan fingerprint density at radius 1 is 1.50 bits per heavy atom. The molecule has 0 aromatic carbocycles. The highest BCUT2D eigenvalue weighted by atomic mass is 35.5. The molecule has 1 heterocycles. The van der Waals surface area contributed by atoms with Gasteiger partial charge in [0.2, 0.25) is 0 Å². The average Bonchev–Trinajstić information content (AvgIpc) is 2.09. The Kier molecular flexibility index (Phi) is 3.70. The normalized spacial score (nSPS) is 10.8. The molecule has 1 aromatic heterocycles. The fourth-order valence-corrected chi connectivity index (χ4v) is 0.814. The molecule has 0 fully saturated rings. The van der Waals surface area contributed by atoms with Gasteiger partial charge >= 0.3 is 0 Å². The average molecular weight is 184 g/mol. The van der Waals surface area contributed by atoms with E-state index in [4.69, 9.17) is 11.6 Å². The van der Waals surface area contributed by atoms with Crippen LogP contribution in [-0.2, 0) is 0 Å². The highest BCUT2D eigenvalue weighted by Crippen LogP contribution is 2.02. The molecule has 0 radical (unpaired) electrons. The third-order valence-corrected chi connectivity index (χ3v) is 1.46. The van der Waals surface area contributed by atoms with Crippen LogP contribution in [-0.4, -0.2) is 23.8 Å². The summed E-state index contributed by atoms with van der Waals surface area (Å²) in [6, 6.07) is 3.54. The number of hydrogen-bond acceptors (Lipinski definition) is 3. The number of aromatic nitrogens is 2. The molecule has 0 atom stereocenters. The lowest BCUT2D eigenvalue weighted by atomic mass is 10.3. The predicted octanol–water partition coefficient (Wildman–Crippen LogP) is 1.36. The molecule has 0 bridgehead atoms. The van der Waals surface area contributed by atoms with Crippen molar-refractivity contribution in [2.75, 3.05) is 13.6 Å². The van der Waals surface area contributed by atoms with Crippen molar-refractivity contribution in [1.82, 2.24) is 15.5 Å². The molecule has 0 aliphatic carbocycles. The van der Waals surface area contributed by atoms with Crippen molar-refractivity contribution in [1.29, 1.82) is 0 Å². The summed E-state index contributed by atoms with van der Waals surface area (Å²) in [6.45, 7) is 0.824. The highest BCUT2D eigenvalue weighted by Gasteiger charge is 1.89. The standard InChI is InChI=1S/C8H10ClN3/c1-10-6-2-3-7-4-5-8(9)12-11-7/h2-5,10H,6H2,1H3. The third kappa shape index (κ3) is 2.98. The fraction of sp³-hybridized carbons (Fsp3) is 0.250. The molecule has 0 saturated heterocycles. The summed E-state index contributed by atoms with van der Waals surface area (Å²) in [6.07, 6.45) is 3.86. The van der Waals surface area contributed by atoms with Crippen molar-refractivity contribution < 1.29 is 0 Å². The molecular weight excluding hydrogens is 174 g/mol. The van der Waals surface area contributed by atoms with E-state index in [1.807, 2.05) is 25.3 Å². The van der Waals surface area contributed by atoms with Gasteiger partial charge in [0.15, 0.2) is 5.15 Å². The second-order valence-corrected chi connectivity index (χ2v) is 2.63. The van der Waals surface area contributed by atoms with E-state index >= 15 is 0 Å². The minimum atomic E-state index is 0.417. The molecule has 0 aliphatic heterocycles. The lowest BCUT2D eigenvalue weighted by Gasteiger charge is -1.91. The summed E-state index contributed by atoms with van der Waals surface area (Å²) in [7, 11) is 1.89. The monoisotopic (exact) mass is 183 g/mol. The Morgan fingerprint density at radius 2 is 2.33 bits per heavy atom. The molecule has 64 valence electrons. The Bertz CT molecular complexity index is 256. The van der Waals surface area contributed by atoms with Crippen LogP contribution < -0.4 is 5.32 Å². The van der Waals surface area contributed by atoms with Crippen LogP contribution in [0.5, 0.6) is 0 Å². The second kappa shape index (κ2) is 4.85. The van der Waals surface area contributed by atoms with E-state index in [0.717, 1.165) is 12.2 Å². The molecule has 1 N–H and O–H groups in total. The Hall–Kier alpha value is -0.930. The number of nitrogens with one attached hydrogen (secondary N) is 1. The van der Waals surface area contributed by atoms with Gasteiger partial charge in [0.1, 0.15) is 0 Å². The Morgan fingerprint density at radius 3 is 2.92 bits per heavy atom. The first-order valence-electron chi connectivity index (χ1n) is 3.63. The summed E-state index contributed by atoms with van der Waals surface area (Å²) in [5.41, 5.74) is 0.814. The van der Waals surface area contributed by atoms with Gasteiger partial charge in [-0.2, -0.15) is 0 Å². The van der Waals surface area contributed by atoms with Crippen LogP contribution in [0.4, 0.5) is 0 Å². The lowest BCUT2D eigenvalue weighted by Crippen LogP contribution is -2.03. The number of hydrogen-bond donors (Lipinski definition) is 1. The van der Waals surface area contributed by atoms with Crippen molar-refractivity contribution in [3.63, 3.8) is 0 Å². The van der Waals surface area contributed by atoms with Crippen LogP contribution in [0.25, 0.3) is 6.08 Å². The summed E-state index contributed by atoms with van der Waals surface area (Å²) in [5.74, 6) is 0. The van der Waals surface area contributed by atoms with E-state index in [0.29, 0.717) is 5.15 Å². The summed E-state index contributed by atoms with van der Waals surface area (Å²) in [4.78, 5) is 0. The van der Waals surface area contributed by atoms with Gasteiger partial charge in [0.25, 0.3) is 0 Å². The molecule has 12 heavy (non-hydrogen) atoms. The van der Waals surface area contributed by atoms with E-state index in [1.165, 1.54) is 0 Å². The van der Waals surface area contributed by atoms with Gasteiger partial charge in [-0.05, 0) is 25.3 Å². The van der Waals surface area contributed by atoms with Gasteiger partial charge in [-0.3, -0.25) is 0 Å². The Balaban J connectivity index is 2.58. The van der Waals surface area contributed by atoms with Gasteiger partial charge in [0, 0.05) is 6.54 Å². The first-order chi connectivity index (χ1) is 5.83. The maximum atomic E-state index is 5.56. The van der Waals surface area contributed by atoms with E-state index in [2.05, 4.69) is 15.5 Å². The van der Waals surface area contributed by atoms with Gasteiger partial charge in [0.05, 0.1) is 5.69 Å². The number of nitrogens with zero attached hydrogens (tertiary/aromatic N) is 2. The highest BCUT2D eigenvalue weighted by molar-refractivity contribution is 6.29. The lowest BCUT2D eigenvalue weighted by molar-refractivity contribution is 0.921. The van der Waals surface area contributed by atoms with E-state index in [1.54, 1.807) is 6.07 Å². The molecular formula is C8H10ClN3. The number of halogens is 1. The van der Waals surface area contributed by atoms with Gasteiger partial charge in [-0.25, -0.2) is 0 Å². The predicted molar refractivity (Wildman–Crippen MR) is 50.0 cm³/mol. The van der Waals surface area contributed by atoms with Gasteiger partial charge in [-0.15, -0.1) is 10.2 Å². The Labute approximate surface area is 76.5 Å². The van der Waals surface area contributed by atoms with E-state index in [-0.39, 0.29) is 0 Å². The molecule has 0 spiro atoms. The van der Waals surface area contributed by atoms with Gasteiger partial charge in [-0.1, -0.05) is 17.7 Å². The minimum Gasteiger partial charge on any atom is -0.316 e. The second-order valence-electron chi connectivity index (χ2n) is 2.24. The molecule has 1 rings (SSSR count). The van der Waals surface area contributed by atoms with Crippen molar-refractivity contribution in [3.8, 4) is 0 Å². The van der Waals surface area contributed by atoms with E-state index < -0.39 is 0 Å².